The van der Waals surface area contributed by atoms with Gasteiger partial charge in [-0.2, -0.15) is 4.39 Å². The minimum Gasteiger partial charge on any atom is -0.383 e. The second-order valence-corrected chi connectivity index (χ2v) is 5.38. The molecule has 5 nitrogen and oxygen atoms in total. The summed E-state index contributed by atoms with van der Waals surface area (Å²) in [5.74, 6) is -0.536. The van der Waals surface area contributed by atoms with E-state index in [2.05, 4.69) is 31.2 Å². The molecule has 2 rings (SSSR count). The van der Waals surface area contributed by atoms with Crippen molar-refractivity contribution in [2.75, 3.05) is 0 Å². The summed E-state index contributed by atoms with van der Waals surface area (Å²) in [6.07, 6.45) is 2.86. The van der Waals surface area contributed by atoms with Gasteiger partial charge in [-0.15, -0.1) is 5.10 Å². The van der Waals surface area contributed by atoms with E-state index in [1.54, 1.807) is 16.9 Å². The van der Waals surface area contributed by atoms with Crippen LogP contribution in [0.4, 0.5) is 4.39 Å². The van der Waals surface area contributed by atoms with Crippen molar-refractivity contribution in [1.29, 1.82) is 0 Å². The summed E-state index contributed by atoms with van der Waals surface area (Å²) in [4.78, 5) is 3.70. The molecule has 0 aliphatic rings. The Kier molecular flexibility index (Phi) is 4.49. The molecule has 0 bridgehead atoms. The van der Waals surface area contributed by atoms with Crippen LogP contribution in [-0.2, 0) is 12.1 Å². The lowest BCUT2D eigenvalue weighted by atomic mass is 9.94. The molecule has 20 heavy (non-hydrogen) atoms. The SMILES string of the molecule is CCC(O)(CC)c1cn(Cc2ccc(F)nc2Br)nn1. The monoisotopic (exact) mass is 342 g/mol. The van der Waals surface area contributed by atoms with Crippen LogP contribution in [0.25, 0.3) is 0 Å². The first-order valence-corrected chi connectivity index (χ1v) is 7.21. The van der Waals surface area contributed by atoms with Gasteiger partial charge in [0.05, 0.1) is 12.7 Å². The molecule has 2 aromatic rings. The number of aliphatic hydroxyl groups is 1. The van der Waals surface area contributed by atoms with Gasteiger partial charge in [0, 0.05) is 5.56 Å². The van der Waals surface area contributed by atoms with Crippen molar-refractivity contribution < 1.29 is 9.50 Å². The molecule has 0 unspecified atom stereocenters. The van der Waals surface area contributed by atoms with Crippen LogP contribution in [0.3, 0.4) is 0 Å². The zero-order chi connectivity index (χ0) is 14.8. The number of aromatic nitrogens is 4. The van der Waals surface area contributed by atoms with E-state index in [1.807, 2.05) is 13.8 Å². The van der Waals surface area contributed by atoms with Crippen molar-refractivity contribution in [1.82, 2.24) is 20.0 Å². The number of hydrogen-bond donors (Lipinski definition) is 1. The molecule has 0 saturated carbocycles. The largest absolute Gasteiger partial charge is 0.383 e. The maximum Gasteiger partial charge on any atom is 0.213 e. The molecule has 0 amide bonds. The zero-order valence-corrected chi connectivity index (χ0v) is 12.9. The lowest BCUT2D eigenvalue weighted by molar-refractivity contribution is 0.0239. The Hall–Kier alpha value is -1.34. The minimum atomic E-state index is -0.948. The highest BCUT2D eigenvalue weighted by Gasteiger charge is 2.28. The van der Waals surface area contributed by atoms with Crippen LogP contribution in [0.2, 0.25) is 0 Å². The minimum absolute atomic E-state index is 0.407. The lowest BCUT2D eigenvalue weighted by Crippen LogP contribution is -2.23. The van der Waals surface area contributed by atoms with Gasteiger partial charge in [0.1, 0.15) is 15.9 Å². The topological polar surface area (TPSA) is 63.8 Å². The number of nitrogens with zero attached hydrogens (tertiary/aromatic N) is 4. The van der Waals surface area contributed by atoms with E-state index < -0.39 is 11.5 Å². The van der Waals surface area contributed by atoms with Crippen LogP contribution in [-0.4, -0.2) is 25.1 Å². The summed E-state index contributed by atoms with van der Waals surface area (Å²) in [5.41, 5.74) is 0.393. The highest BCUT2D eigenvalue weighted by molar-refractivity contribution is 9.10. The van der Waals surface area contributed by atoms with Gasteiger partial charge in [-0.3, -0.25) is 0 Å². The Bertz CT molecular complexity index is 598. The Morgan fingerprint density at radius 3 is 2.65 bits per heavy atom. The van der Waals surface area contributed by atoms with E-state index in [1.165, 1.54) is 6.07 Å². The van der Waals surface area contributed by atoms with Gasteiger partial charge in [-0.25, -0.2) is 9.67 Å². The maximum absolute atomic E-state index is 12.9. The highest BCUT2D eigenvalue weighted by Crippen LogP contribution is 2.26. The summed E-state index contributed by atoms with van der Waals surface area (Å²) >= 11 is 3.22. The first-order valence-electron chi connectivity index (χ1n) is 6.42. The molecular weight excluding hydrogens is 327 g/mol. The number of pyridine rings is 1. The Morgan fingerprint density at radius 1 is 1.35 bits per heavy atom. The van der Waals surface area contributed by atoms with Crippen LogP contribution >= 0.6 is 15.9 Å². The van der Waals surface area contributed by atoms with E-state index in [0.29, 0.717) is 29.7 Å². The molecule has 2 heterocycles. The van der Waals surface area contributed by atoms with Crippen molar-refractivity contribution >= 4 is 15.9 Å². The molecule has 0 aromatic carbocycles. The van der Waals surface area contributed by atoms with Gasteiger partial charge in [0.25, 0.3) is 0 Å². The van der Waals surface area contributed by atoms with Crippen LogP contribution in [0.1, 0.15) is 37.9 Å². The van der Waals surface area contributed by atoms with Gasteiger partial charge in [-0.1, -0.05) is 19.1 Å². The molecule has 7 heteroatoms. The fraction of sp³-hybridized carbons (Fsp3) is 0.462. The number of hydrogen-bond acceptors (Lipinski definition) is 4. The average molecular weight is 343 g/mol. The third kappa shape index (κ3) is 3.04. The van der Waals surface area contributed by atoms with Crippen molar-refractivity contribution in [2.45, 2.75) is 38.8 Å². The molecule has 0 fully saturated rings. The predicted molar refractivity (Wildman–Crippen MR) is 75.5 cm³/mol. The summed E-state index contributed by atoms with van der Waals surface area (Å²) in [6, 6.07) is 2.94. The second kappa shape index (κ2) is 5.97. The normalized spacial score (nSPS) is 11.8. The molecule has 108 valence electrons. The first-order chi connectivity index (χ1) is 9.48. The van der Waals surface area contributed by atoms with Gasteiger partial charge in [0.2, 0.25) is 5.95 Å². The van der Waals surface area contributed by atoms with E-state index in [9.17, 15) is 9.50 Å². The summed E-state index contributed by atoms with van der Waals surface area (Å²) in [7, 11) is 0. The van der Waals surface area contributed by atoms with Gasteiger partial charge < -0.3 is 5.11 Å². The van der Waals surface area contributed by atoms with Crippen molar-refractivity contribution in [3.63, 3.8) is 0 Å². The smallest absolute Gasteiger partial charge is 0.213 e. The second-order valence-electron chi connectivity index (χ2n) is 4.62. The quantitative estimate of drug-likeness (QED) is 0.848. The Morgan fingerprint density at radius 2 is 2.05 bits per heavy atom. The van der Waals surface area contributed by atoms with E-state index in [0.717, 1.165) is 5.56 Å². The molecule has 0 radical (unpaired) electrons. The fourth-order valence-corrected chi connectivity index (χ4v) is 2.36. The molecule has 0 aliphatic carbocycles. The van der Waals surface area contributed by atoms with Crippen LogP contribution < -0.4 is 0 Å². The van der Waals surface area contributed by atoms with Crippen molar-refractivity contribution in [3.8, 4) is 0 Å². The highest BCUT2D eigenvalue weighted by atomic mass is 79.9. The van der Waals surface area contributed by atoms with Crippen molar-refractivity contribution in [3.05, 3.63) is 40.1 Å². The fourth-order valence-electron chi connectivity index (χ4n) is 1.93. The Labute approximate surface area is 125 Å². The average Bonchev–Trinajstić information content (AvgIpc) is 2.90. The summed E-state index contributed by atoms with van der Waals surface area (Å²) < 4.78 is 15.0. The van der Waals surface area contributed by atoms with Gasteiger partial charge >= 0.3 is 0 Å². The van der Waals surface area contributed by atoms with E-state index in [4.69, 9.17) is 0 Å². The lowest BCUT2D eigenvalue weighted by Gasteiger charge is -2.21. The summed E-state index contributed by atoms with van der Waals surface area (Å²) in [5, 5.41) is 18.4. The Balaban J connectivity index is 2.21. The van der Waals surface area contributed by atoms with E-state index >= 15 is 0 Å². The molecule has 0 saturated heterocycles. The first kappa shape index (κ1) is 15.1. The summed E-state index contributed by atoms with van der Waals surface area (Å²) in [6.45, 7) is 4.22. The third-order valence-corrected chi connectivity index (χ3v) is 4.10. The van der Waals surface area contributed by atoms with Crippen LogP contribution in [0.15, 0.2) is 22.9 Å². The van der Waals surface area contributed by atoms with Crippen LogP contribution in [0, 0.1) is 5.95 Å². The van der Waals surface area contributed by atoms with Gasteiger partial charge in [0.15, 0.2) is 0 Å². The molecule has 0 aliphatic heterocycles. The standard InChI is InChI=1S/C13H16BrFN4O/c1-3-13(20,4-2)10-8-19(18-17-10)7-9-5-6-11(15)16-12(9)14/h5-6,8,20H,3-4,7H2,1-2H3. The number of rotatable bonds is 5. The molecule has 0 spiro atoms. The van der Waals surface area contributed by atoms with E-state index in [-0.39, 0.29) is 0 Å². The predicted octanol–water partition coefficient (Wildman–Crippen LogP) is 2.63. The molecule has 0 atom stereocenters. The maximum atomic E-state index is 12.9. The molecule has 1 N–H and O–H groups in total. The molecule has 2 aromatic heterocycles. The van der Waals surface area contributed by atoms with Gasteiger partial charge in [-0.05, 0) is 40.9 Å². The van der Waals surface area contributed by atoms with Crippen molar-refractivity contribution in [2.24, 2.45) is 0 Å². The third-order valence-electron chi connectivity index (χ3n) is 3.41. The number of halogens is 2. The molecular formula is C13H16BrFN4O. The van der Waals surface area contributed by atoms with Crippen LogP contribution in [0.5, 0.6) is 0 Å². The zero-order valence-electron chi connectivity index (χ0n) is 11.3.